The third kappa shape index (κ3) is 1.59. The fourth-order valence-corrected chi connectivity index (χ4v) is 5.93. The van der Waals surface area contributed by atoms with Crippen LogP contribution in [0.2, 0.25) is 0 Å². The van der Waals surface area contributed by atoms with Crippen molar-refractivity contribution in [1.29, 1.82) is 0 Å². The molecule has 0 heterocycles. The SMILES string of the molecule is CC(=O)OCC1CCC2(O)C(C)(C)C3CCC2(C)C1C3. The summed E-state index contributed by atoms with van der Waals surface area (Å²) in [5.74, 6) is 1.37. The van der Waals surface area contributed by atoms with Crippen molar-refractivity contribution in [1.82, 2.24) is 0 Å². The van der Waals surface area contributed by atoms with Gasteiger partial charge in [0.15, 0.2) is 0 Å². The molecule has 1 N–H and O–H groups in total. The summed E-state index contributed by atoms with van der Waals surface area (Å²) in [6, 6.07) is 0. The van der Waals surface area contributed by atoms with Crippen LogP contribution in [0, 0.1) is 28.6 Å². The summed E-state index contributed by atoms with van der Waals surface area (Å²) >= 11 is 0. The summed E-state index contributed by atoms with van der Waals surface area (Å²) in [6.45, 7) is 8.83. The van der Waals surface area contributed by atoms with E-state index >= 15 is 0 Å². The van der Waals surface area contributed by atoms with Gasteiger partial charge in [0.1, 0.15) is 0 Å². The molecular formula is C17H28O3. The van der Waals surface area contributed by atoms with Crippen LogP contribution in [0.25, 0.3) is 0 Å². The van der Waals surface area contributed by atoms with E-state index in [0.29, 0.717) is 24.4 Å². The Balaban J connectivity index is 1.90. The molecule has 4 rings (SSSR count). The van der Waals surface area contributed by atoms with Crippen LogP contribution < -0.4 is 0 Å². The molecule has 0 spiro atoms. The van der Waals surface area contributed by atoms with Crippen molar-refractivity contribution in [2.75, 3.05) is 6.61 Å². The fourth-order valence-electron chi connectivity index (χ4n) is 5.93. The Hall–Kier alpha value is -0.570. The number of fused-ring (bicyclic) bond motifs is 1. The van der Waals surface area contributed by atoms with E-state index in [0.717, 1.165) is 19.3 Å². The maximum atomic E-state index is 11.5. The topological polar surface area (TPSA) is 46.5 Å². The molecule has 4 aliphatic carbocycles. The molecular weight excluding hydrogens is 252 g/mol. The van der Waals surface area contributed by atoms with Crippen LogP contribution in [0.15, 0.2) is 0 Å². The molecule has 3 nitrogen and oxygen atoms in total. The molecule has 0 aliphatic heterocycles. The summed E-state index contributed by atoms with van der Waals surface area (Å²) in [5, 5.41) is 11.5. The lowest BCUT2D eigenvalue weighted by atomic mass is 9.35. The number of rotatable bonds is 2. The quantitative estimate of drug-likeness (QED) is 0.790. The minimum atomic E-state index is -0.543. The van der Waals surface area contributed by atoms with Crippen molar-refractivity contribution >= 4 is 5.97 Å². The molecule has 4 fully saturated rings. The maximum Gasteiger partial charge on any atom is 0.302 e. The highest BCUT2D eigenvalue weighted by atomic mass is 16.5. The highest BCUT2D eigenvalue weighted by Crippen LogP contribution is 2.71. The predicted octanol–water partition coefficient (Wildman–Crippen LogP) is 3.15. The summed E-state index contributed by atoms with van der Waals surface area (Å²) < 4.78 is 5.29. The van der Waals surface area contributed by atoms with Gasteiger partial charge in [-0.25, -0.2) is 0 Å². The van der Waals surface area contributed by atoms with Gasteiger partial charge in [-0.15, -0.1) is 0 Å². The summed E-state index contributed by atoms with van der Waals surface area (Å²) in [6.07, 6.45) is 5.40. The van der Waals surface area contributed by atoms with E-state index in [1.807, 2.05) is 0 Å². The van der Waals surface area contributed by atoms with Gasteiger partial charge in [-0.3, -0.25) is 4.79 Å². The van der Waals surface area contributed by atoms with E-state index in [1.165, 1.54) is 19.8 Å². The average Bonchev–Trinajstić information content (AvgIpc) is 2.36. The monoisotopic (exact) mass is 280 g/mol. The lowest BCUT2D eigenvalue weighted by molar-refractivity contribution is -0.294. The van der Waals surface area contributed by atoms with Gasteiger partial charge in [0.2, 0.25) is 0 Å². The Morgan fingerprint density at radius 2 is 1.95 bits per heavy atom. The van der Waals surface area contributed by atoms with Gasteiger partial charge < -0.3 is 9.84 Å². The van der Waals surface area contributed by atoms with Crippen LogP contribution in [0.1, 0.15) is 59.8 Å². The lowest BCUT2D eigenvalue weighted by Crippen LogP contribution is -2.71. The number of carbonyl (C=O) groups excluding carboxylic acids is 1. The lowest BCUT2D eigenvalue weighted by Gasteiger charge is -2.71. The third-order valence-electron chi connectivity index (χ3n) is 7.35. The molecule has 0 saturated heterocycles. The van der Waals surface area contributed by atoms with Gasteiger partial charge in [-0.2, -0.15) is 0 Å². The van der Waals surface area contributed by atoms with Crippen molar-refractivity contribution in [3.05, 3.63) is 0 Å². The molecule has 0 amide bonds. The highest BCUT2D eigenvalue weighted by molar-refractivity contribution is 5.65. The zero-order chi connectivity index (χ0) is 14.8. The molecule has 3 heteroatoms. The van der Waals surface area contributed by atoms with Crippen molar-refractivity contribution in [3.63, 3.8) is 0 Å². The van der Waals surface area contributed by atoms with E-state index in [-0.39, 0.29) is 16.8 Å². The highest BCUT2D eigenvalue weighted by Gasteiger charge is 2.70. The van der Waals surface area contributed by atoms with Crippen LogP contribution >= 0.6 is 0 Å². The Kier molecular flexibility index (Phi) is 3.03. The number of aliphatic hydroxyl groups is 1. The van der Waals surface area contributed by atoms with Crippen molar-refractivity contribution in [2.45, 2.75) is 65.4 Å². The van der Waals surface area contributed by atoms with Crippen LogP contribution in [-0.4, -0.2) is 23.3 Å². The first-order valence-electron chi connectivity index (χ1n) is 8.08. The Bertz CT molecular complexity index is 430. The van der Waals surface area contributed by atoms with Crippen LogP contribution in [0.5, 0.6) is 0 Å². The first-order valence-corrected chi connectivity index (χ1v) is 8.08. The molecule has 20 heavy (non-hydrogen) atoms. The van der Waals surface area contributed by atoms with E-state index in [9.17, 15) is 9.90 Å². The van der Waals surface area contributed by atoms with Crippen molar-refractivity contribution in [2.24, 2.45) is 28.6 Å². The largest absolute Gasteiger partial charge is 0.466 e. The molecule has 4 aliphatic rings. The number of hydrogen-bond donors (Lipinski definition) is 1. The second-order valence-corrected chi connectivity index (χ2v) is 8.18. The second kappa shape index (κ2) is 4.22. The first-order chi connectivity index (χ1) is 9.22. The van der Waals surface area contributed by atoms with Gasteiger partial charge >= 0.3 is 5.97 Å². The van der Waals surface area contributed by atoms with Crippen molar-refractivity contribution in [3.8, 4) is 0 Å². The smallest absolute Gasteiger partial charge is 0.302 e. The second-order valence-electron chi connectivity index (χ2n) is 8.18. The minimum absolute atomic E-state index is 0.00564. The van der Waals surface area contributed by atoms with Gasteiger partial charge in [-0.05, 0) is 55.3 Å². The Labute approximate surface area is 122 Å². The van der Waals surface area contributed by atoms with Crippen LogP contribution in [-0.2, 0) is 9.53 Å². The van der Waals surface area contributed by atoms with E-state index in [4.69, 9.17) is 4.74 Å². The molecule has 4 saturated carbocycles. The van der Waals surface area contributed by atoms with Gasteiger partial charge in [0, 0.05) is 12.3 Å². The molecule has 0 aromatic rings. The Morgan fingerprint density at radius 1 is 1.25 bits per heavy atom. The minimum Gasteiger partial charge on any atom is -0.466 e. The fraction of sp³-hybridized carbons (Fsp3) is 0.941. The van der Waals surface area contributed by atoms with Gasteiger partial charge in [0.05, 0.1) is 12.2 Å². The average molecular weight is 280 g/mol. The molecule has 0 aromatic heterocycles. The number of carbonyl (C=O) groups is 1. The molecule has 5 atom stereocenters. The van der Waals surface area contributed by atoms with E-state index < -0.39 is 5.60 Å². The molecule has 5 unspecified atom stereocenters. The molecule has 114 valence electrons. The number of ether oxygens (including phenoxy) is 1. The third-order valence-corrected chi connectivity index (χ3v) is 7.35. The summed E-state index contributed by atoms with van der Waals surface area (Å²) in [4.78, 5) is 11.1. The standard InChI is InChI=1S/C17H28O3/c1-11(18)20-10-12-5-8-17(19)15(2,3)13-6-7-16(17,4)14(12)9-13/h12-14,19H,5-10H2,1-4H3. The van der Waals surface area contributed by atoms with Gasteiger partial charge in [0.25, 0.3) is 0 Å². The van der Waals surface area contributed by atoms with Crippen LogP contribution in [0.4, 0.5) is 0 Å². The number of esters is 1. The normalized spacial score (nSPS) is 49.0. The van der Waals surface area contributed by atoms with E-state index in [1.54, 1.807) is 0 Å². The predicted molar refractivity (Wildman–Crippen MR) is 77.0 cm³/mol. The zero-order valence-corrected chi connectivity index (χ0v) is 13.2. The number of hydrogen-bond acceptors (Lipinski definition) is 3. The Morgan fingerprint density at radius 3 is 2.60 bits per heavy atom. The summed E-state index contributed by atoms with van der Waals surface area (Å²) in [5.41, 5.74) is -0.532. The molecule has 0 radical (unpaired) electrons. The van der Waals surface area contributed by atoms with Crippen LogP contribution in [0.3, 0.4) is 0 Å². The first kappa shape index (κ1) is 14.4. The summed E-state index contributed by atoms with van der Waals surface area (Å²) in [7, 11) is 0. The molecule has 4 bridgehead atoms. The van der Waals surface area contributed by atoms with Crippen molar-refractivity contribution < 1.29 is 14.6 Å². The van der Waals surface area contributed by atoms with Gasteiger partial charge in [-0.1, -0.05) is 20.8 Å². The zero-order valence-electron chi connectivity index (χ0n) is 13.2. The van der Waals surface area contributed by atoms with E-state index in [2.05, 4.69) is 20.8 Å². The molecule has 0 aromatic carbocycles. The maximum absolute atomic E-state index is 11.5.